The van der Waals surface area contributed by atoms with E-state index in [4.69, 9.17) is 0 Å². The molecule has 1 aliphatic rings. The number of piperidine rings is 1. The van der Waals surface area contributed by atoms with E-state index in [1.807, 2.05) is 6.07 Å². The van der Waals surface area contributed by atoms with Gasteiger partial charge < -0.3 is 20.3 Å². The van der Waals surface area contributed by atoms with Gasteiger partial charge in [0.05, 0.1) is 0 Å². The second-order valence-corrected chi connectivity index (χ2v) is 7.59. The van der Waals surface area contributed by atoms with Crippen LogP contribution in [0.15, 0.2) is 48.9 Å². The van der Waals surface area contributed by atoms with Crippen molar-refractivity contribution >= 4 is 17.5 Å². The molecule has 8 nitrogen and oxygen atoms in total. The number of likely N-dealkylation sites (tertiary alicyclic amines) is 1. The van der Waals surface area contributed by atoms with E-state index >= 15 is 0 Å². The Balaban J connectivity index is 1.40. The lowest BCUT2D eigenvalue weighted by Gasteiger charge is -2.26. The molecule has 0 atom stereocenters. The second-order valence-electron chi connectivity index (χ2n) is 7.59. The molecular formula is C22H24F3N7O. The number of nitrogens with zero attached hydrogens (tertiary/aromatic N) is 5. The first-order valence-electron chi connectivity index (χ1n) is 10.7. The predicted molar refractivity (Wildman–Crippen MR) is 118 cm³/mol. The number of benzene rings is 1. The van der Waals surface area contributed by atoms with Crippen molar-refractivity contribution in [3.8, 4) is 17.1 Å². The highest BCUT2D eigenvalue weighted by atomic mass is 19.4. The van der Waals surface area contributed by atoms with Crippen LogP contribution in [0.25, 0.3) is 11.4 Å². The van der Waals surface area contributed by atoms with Crippen molar-refractivity contribution in [2.75, 3.05) is 36.8 Å². The smallest absolute Gasteiger partial charge is 0.406 e. The summed E-state index contributed by atoms with van der Waals surface area (Å²) in [7, 11) is 0. The van der Waals surface area contributed by atoms with Crippen molar-refractivity contribution in [2.24, 2.45) is 0 Å². The monoisotopic (exact) mass is 459 g/mol. The molecule has 0 unspecified atom stereocenters. The van der Waals surface area contributed by atoms with Gasteiger partial charge in [-0.1, -0.05) is 12.5 Å². The fraction of sp³-hybridized carbons (Fsp3) is 0.364. The van der Waals surface area contributed by atoms with Crippen LogP contribution in [0.1, 0.15) is 19.3 Å². The number of ether oxygens (including phenoxy) is 1. The minimum absolute atomic E-state index is 0.195. The first-order chi connectivity index (χ1) is 15.9. The maximum absolute atomic E-state index is 12.5. The molecule has 0 saturated carbocycles. The molecule has 0 bridgehead atoms. The van der Waals surface area contributed by atoms with Crippen molar-refractivity contribution < 1.29 is 17.9 Å². The van der Waals surface area contributed by atoms with E-state index in [9.17, 15) is 13.2 Å². The van der Waals surface area contributed by atoms with Gasteiger partial charge >= 0.3 is 6.36 Å². The molecule has 0 aliphatic carbocycles. The molecule has 2 N–H and O–H groups in total. The number of alkyl halides is 3. The van der Waals surface area contributed by atoms with Crippen molar-refractivity contribution in [2.45, 2.75) is 25.6 Å². The molecule has 4 rings (SSSR count). The van der Waals surface area contributed by atoms with Crippen LogP contribution in [0.2, 0.25) is 0 Å². The molecule has 1 aliphatic heterocycles. The quantitative estimate of drug-likeness (QED) is 0.510. The molecule has 33 heavy (non-hydrogen) atoms. The van der Waals surface area contributed by atoms with Crippen LogP contribution >= 0.6 is 0 Å². The average molecular weight is 459 g/mol. The van der Waals surface area contributed by atoms with Crippen molar-refractivity contribution in [3.63, 3.8) is 0 Å². The van der Waals surface area contributed by atoms with Gasteiger partial charge in [-0.05, 0) is 50.2 Å². The molecule has 174 valence electrons. The molecule has 1 saturated heterocycles. The summed E-state index contributed by atoms with van der Waals surface area (Å²) in [5.41, 5.74) is 1.09. The fourth-order valence-corrected chi connectivity index (χ4v) is 3.59. The number of halogens is 3. The zero-order valence-electron chi connectivity index (χ0n) is 17.8. The van der Waals surface area contributed by atoms with E-state index in [2.05, 4.69) is 40.2 Å². The van der Waals surface area contributed by atoms with E-state index in [0.717, 1.165) is 37.6 Å². The maximum Gasteiger partial charge on any atom is 0.573 e. The number of aromatic nitrogens is 4. The summed E-state index contributed by atoms with van der Waals surface area (Å²) in [6.45, 7) is 4.03. The molecule has 11 heteroatoms. The number of anilines is 3. The summed E-state index contributed by atoms with van der Waals surface area (Å²) >= 11 is 0. The fourth-order valence-electron chi connectivity index (χ4n) is 3.59. The Hall–Kier alpha value is -3.47. The molecule has 0 radical (unpaired) electrons. The maximum atomic E-state index is 12.5. The minimum Gasteiger partial charge on any atom is -0.406 e. The summed E-state index contributed by atoms with van der Waals surface area (Å²) in [5, 5.41) is 6.22. The number of nitrogens with one attached hydrogen (secondary N) is 2. The summed E-state index contributed by atoms with van der Waals surface area (Å²) in [6, 6.07) is 9.10. The minimum atomic E-state index is -4.76. The van der Waals surface area contributed by atoms with Crippen LogP contribution in [-0.4, -0.2) is 57.4 Å². The Morgan fingerprint density at radius 3 is 2.67 bits per heavy atom. The molecule has 1 aromatic carbocycles. The molecule has 2 aromatic heterocycles. The Morgan fingerprint density at radius 2 is 1.85 bits per heavy atom. The number of rotatable bonds is 8. The third-order valence-corrected chi connectivity index (χ3v) is 5.10. The van der Waals surface area contributed by atoms with Crippen LogP contribution in [0.5, 0.6) is 5.75 Å². The highest BCUT2D eigenvalue weighted by molar-refractivity contribution is 5.62. The second kappa shape index (κ2) is 10.4. The van der Waals surface area contributed by atoms with E-state index in [0.29, 0.717) is 11.5 Å². The van der Waals surface area contributed by atoms with E-state index < -0.39 is 6.36 Å². The first kappa shape index (κ1) is 22.7. The van der Waals surface area contributed by atoms with Gasteiger partial charge in [0.25, 0.3) is 0 Å². The highest BCUT2D eigenvalue weighted by Crippen LogP contribution is 2.26. The Labute approximate surface area is 189 Å². The highest BCUT2D eigenvalue weighted by Gasteiger charge is 2.31. The van der Waals surface area contributed by atoms with Crippen LogP contribution in [0.3, 0.4) is 0 Å². The predicted octanol–water partition coefficient (Wildman–Crippen LogP) is 4.47. The standard InChI is InChI=1S/C22H24F3N7O/c23-22(24,25)33-18-6-4-5-17(14-18)30-21-29-15-28-20(31-21)16-7-8-26-19(13-16)27-9-12-32-10-2-1-3-11-32/h4-8,13-15H,1-3,9-12H2,(H,26,27)(H,28,29,30,31). The lowest BCUT2D eigenvalue weighted by molar-refractivity contribution is -0.274. The van der Waals surface area contributed by atoms with Gasteiger partial charge in [-0.2, -0.15) is 4.98 Å². The zero-order chi connectivity index (χ0) is 23.1. The summed E-state index contributed by atoms with van der Waals surface area (Å²) < 4.78 is 41.3. The summed E-state index contributed by atoms with van der Waals surface area (Å²) in [6.07, 6.45) is 2.06. The van der Waals surface area contributed by atoms with Crippen LogP contribution < -0.4 is 15.4 Å². The van der Waals surface area contributed by atoms with E-state index in [1.165, 1.54) is 43.8 Å². The van der Waals surface area contributed by atoms with Gasteiger partial charge in [0, 0.05) is 36.6 Å². The Kier molecular flexibility index (Phi) is 7.18. The number of hydrogen-bond acceptors (Lipinski definition) is 8. The van der Waals surface area contributed by atoms with Crippen LogP contribution in [-0.2, 0) is 0 Å². The largest absolute Gasteiger partial charge is 0.573 e. The number of pyridine rings is 1. The Bertz CT molecular complexity index is 1060. The van der Waals surface area contributed by atoms with Crippen molar-refractivity contribution in [3.05, 3.63) is 48.9 Å². The van der Waals surface area contributed by atoms with Gasteiger partial charge in [0.15, 0.2) is 5.82 Å². The lowest BCUT2D eigenvalue weighted by atomic mass is 10.1. The molecule has 3 heterocycles. The summed E-state index contributed by atoms with van der Waals surface area (Å²) in [4.78, 5) is 19.4. The normalized spacial score (nSPS) is 14.6. The van der Waals surface area contributed by atoms with Crippen molar-refractivity contribution in [1.29, 1.82) is 0 Å². The van der Waals surface area contributed by atoms with Gasteiger partial charge in [-0.25, -0.2) is 15.0 Å². The van der Waals surface area contributed by atoms with Gasteiger partial charge in [0.2, 0.25) is 5.95 Å². The lowest BCUT2D eigenvalue weighted by Crippen LogP contribution is -2.33. The van der Waals surface area contributed by atoms with Gasteiger partial charge in [-0.3, -0.25) is 0 Å². The van der Waals surface area contributed by atoms with E-state index in [-0.39, 0.29) is 11.7 Å². The Morgan fingerprint density at radius 1 is 1.00 bits per heavy atom. The van der Waals surface area contributed by atoms with Gasteiger partial charge in [0.1, 0.15) is 17.9 Å². The molecular weight excluding hydrogens is 435 g/mol. The SMILES string of the molecule is FC(F)(F)Oc1cccc(Nc2ncnc(-c3ccnc(NCCN4CCCCC4)c3)n2)c1. The van der Waals surface area contributed by atoms with Crippen LogP contribution in [0, 0.1) is 0 Å². The van der Waals surface area contributed by atoms with E-state index in [1.54, 1.807) is 18.3 Å². The van der Waals surface area contributed by atoms with Crippen LogP contribution in [0.4, 0.5) is 30.6 Å². The third-order valence-electron chi connectivity index (χ3n) is 5.10. The topological polar surface area (TPSA) is 88.1 Å². The molecule has 0 amide bonds. The molecule has 3 aromatic rings. The molecule has 1 fully saturated rings. The molecule has 0 spiro atoms. The zero-order valence-corrected chi connectivity index (χ0v) is 17.8. The van der Waals surface area contributed by atoms with Gasteiger partial charge in [-0.15, -0.1) is 13.2 Å². The van der Waals surface area contributed by atoms with Crippen molar-refractivity contribution in [1.82, 2.24) is 24.8 Å². The number of hydrogen-bond donors (Lipinski definition) is 2. The first-order valence-corrected chi connectivity index (χ1v) is 10.7. The summed E-state index contributed by atoms with van der Waals surface area (Å²) in [5.74, 6) is 0.991. The average Bonchev–Trinajstić information content (AvgIpc) is 2.79. The third kappa shape index (κ3) is 7.01.